The lowest BCUT2D eigenvalue weighted by molar-refractivity contribution is -0.856. The number of likely N-dealkylation sites (N-methyl/N-ethyl adjacent to an activating group) is 1. The van der Waals surface area contributed by atoms with E-state index >= 15 is 0 Å². The van der Waals surface area contributed by atoms with Gasteiger partial charge in [0.15, 0.2) is 5.11 Å². The molecule has 0 fully saturated rings. The molecule has 0 aliphatic rings. The summed E-state index contributed by atoms with van der Waals surface area (Å²) < 4.78 is 33.7. The van der Waals surface area contributed by atoms with Crippen LogP contribution in [-0.2, 0) is 10.0 Å². The van der Waals surface area contributed by atoms with Crippen molar-refractivity contribution >= 4 is 38.7 Å². The fourth-order valence-corrected chi connectivity index (χ4v) is 4.06. The molecule has 2 rings (SSSR count). The molecule has 0 aliphatic carbocycles. The van der Waals surface area contributed by atoms with Gasteiger partial charge in [0.25, 0.3) is 10.0 Å². The highest BCUT2D eigenvalue weighted by Crippen LogP contribution is 2.28. The molecule has 0 atom stereocenters. The van der Waals surface area contributed by atoms with Crippen molar-refractivity contribution in [2.75, 3.05) is 44.3 Å². The summed E-state index contributed by atoms with van der Waals surface area (Å²) in [5.41, 5.74) is 1.61. The van der Waals surface area contributed by atoms with Crippen molar-refractivity contribution in [2.45, 2.75) is 11.8 Å². The maximum atomic E-state index is 12.9. The van der Waals surface area contributed by atoms with E-state index in [4.69, 9.17) is 17.0 Å². The average Bonchev–Trinajstić information content (AvgIpc) is 2.63. The van der Waals surface area contributed by atoms with Gasteiger partial charge in [-0.05, 0) is 49.0 Å². The van der Waals surface area contributed by atoms with Crippen molar-refractivity contribution in [1.29, 1.82) is 0 Å². The predicted molar refractivity (Wildman–Crippen MR) is 117 cm³/mol. The van der Waals surface area contributed by atoms with E-state index in [2.05, 4.69) is 29.5 Å². The molecule has 0 bridgehead atoms. The number of quaternary nitrogens is 1. The number of aryl methyl sites for hydroxylation is 1. The SMILES string of the molecule is COc1ccccc1NS(=O)(=O)c1cc(NC(=S)NCC[NH+](C)C)ccc1C. The molecule has 0 aromatic heterocycles. The van der Waals surface area contributed by atoms with Crippen molar-refractivity contribution in [2.24, 2.45) is 0 Å². The molecule has 9 heteroatoms. The van der Waals surface area contributed by atoms with Crippen LogP contribution in [0.1, 0.15) is 5.56 Å². The normalized spacial score (nSPS) is 11.2. The Morgan fingerprint density at radius 2 is 1.89 bits per heavy atom. The Bertz CT molecular complexity index is 931. The Balaban J connectivity index is 2.18. The molecular weight excluding hydrogens is 396 g/mol. The van der Waals surface area contributed by atoms with Crippen LogP contribution >= 0.6 is 12.2 Å². The number of hydrogen-bond donors (Lipinski definition) is 4. The number of nitrogens with one attached hydrogen (secondary N) is 4. The number of hydrogen-bond acceptors (Lipinski definition) is 4. The Labute approximate surface area is 172 Å². The van der Waals surface area contributed by atoms with Crippen LogP contribution in [0.25, 0.3) is 0 Å². The Morgan fingerprint density at radius 1 is 1.18 bits per heavy atom. The summed E-state index contributed by atoms with van der Waals surface area (Å²) in [5, 5.41) is 6.59. The lowest BCUT2D eigenvalue weighted by Crippen LogP contribution is -3.06. The Kier molecular flexibility index (Phi) is 7.61. The standard InChI is InChI=1S/C19H26N4O3S2/c1-14-9-10-15(21-19(27)20-11-12-23(2)3)13-18(14)28(24,25)22-16-7-5-6-8-17(16)26-4/h5-10,13,22H,11-12H2,1-4H3,(H2,20,21,27)/p+1. The van der Waals surface area contributed by atoms with Gasteiger partial charge in [-0.3, -0.25) is 4.72 Å². The first-order chi connectivity index (χ1) is 13.2. The second-order valence-electron chi connectivity index (χ2n) is 6.62. The van der Waals surface area contributed by atoms with Gasteiger partial charge in [0.2, 0.25) is 0 Å². The van der Waals surface area contributed by atoms with Gasteiger partial charge in [-0.15, -0.1) is 0 Å². The lowest BCUT2D eigenvalue weighted by Gasteiger charge is -2.15. The van der Waals surface area contributed by atoms with Gasteiger partial charge >= 0.3 is 0 Å². The summed E-state index contributed by atoms with van der Waals surface area (Å²) in [6.45, 7) is 3.38. The van der Waals surface area contributed by atoms with Crippen LogP contribution in [0.5, 0.6) is 5.75 Å². The van der Waals surface area contributed by atoms with Crippen LogP contribution in [0.3, 0.4) is 0 Å². The molecule has 7 nitrogen and oxygen atoms in total. The quantitative estimate of drug-likeness (QED) is 0.478. The molecule has 0 saturated heterocycles. The average molecular weight is 424 g/mol. The summed E-state index contributed by atoms with van der Waals surface area (Å²) in [4.78, 5) is 1.48. The Morgan fingerprint density at radius 3 is 2.57 bits per heavy atom. The number of thiocarbonyl (C=S) groups is 1. The number of ether oxygens (including phenoxy) is 1. The number of methoxy groups -OCH3 is 1. The molecule has 0 saturated carbocycles. The third-order valence-electron chi connectivity index (χ3n) is 4.00. The van der Waals surface area contributed by atoms with Gasteiger partial charge in [-0.25, -0.2) is 8.42 Å². The number of sulfonamides is 1. The maximum absolute atomic E-state index is 12.9. The van der Waals surface area contributed by atoms with E-state index in [9.17, 15) is 8.42 Å². The van der Waals surface area contributed by atoms with Crippen LogP contribution in [0.15, 0.2) is 47.4 Å². The zero-order valence-corrected chi connectivity index (χ0v) is 18.1. The summed E-state index contributed by atoms with van der Waals surface area (Å²) in [6.07, 6.45) is 0. The third-order valence-corrected chi connectivity index (χ3v) is 5.75. The molecule has 0 spiro atoms. The van der Waals surface area contributed by atoms with Crippen molar-refractivity contribution in [3.63, 3.8) is 0 Å². The molecule has 152 valence electrons. The highest BCUT2D eigenvalue weighted by molar-refractivity contribution is 7.92. The van der Waals surface area contributed by atoms with Crippen LogP contribution in [0.2, 0.25) is 0 Å². The lowest BCUT2D eigenvalue weighted by atomic mass is 10.2. The largest absolute Gasteiger partial charge is 0.495 e. The third kappa shape index (κ3) is 6.08. The minimum Gasteiger partial charge on any atom is -0.495 e. The van der Waals surface area contributed by atoms with Crippen molar-refractivity contribution in [1.82, 2.24) is 5.32 Å². The number of rotatable bonds is 8. The van der Waals surface area contributed by atoms with E-state index in [0.29, 0.717) is 27.8 Å². The summed E-state index contributed by atoms with van der Waals surface area (Å²) >= 11 is 5.28. The topological polar surface area (TPSA) is 83.9 Å². The zero-order valence-electron chi connectivity index (χ0n) is 16.5. The van der Waals surface area contributed by atoms with Crippen LogP contribution in [0, 0.1) is 6.92 Å². The predicted octanol–water partition coefficient (Wildman–Crippen LogP) is 1.24. The van der Waals surface area contributed by atoms with E-state index in [1.54, 1.807) is 49.4 Å². The van der Waals surface area contributed by atoms with E-state index in [-0.39, 0.29) is 4.90 Å². The molecule has 2 aromatic carbocycles. The van der Waals surface area contributed by atoms with E-state index in [1.807, 2.05) is 0 Å². The van der Waals surface area contributed by atoms with Crippen molar-refractivity contribution in [3.8, 4) is 5.75 Å². The molecule has 0 heterocycles. The Hall–Kier alpha value is -2.36. The summed E-state index contributed by atoms with van der Waals surface area (Å²) in [5.74, 6) is 0.450. The molecule has 0 amide bonds. The monoisotopic (exact) mass is 423 g/mol. The molecule has 4 N–H and O–H groups in total. The second kappa shape index (κ2) is 9.72. The van der Waals surface area contributed by atoms with Gasteiger partial charge in [-0.1, -0.05) is 18.2 Å². The molecular formula is C19H27N4O3S2+. The number of benzene rings is 2. The summed E-state index contributed by atoms with van der Waals surface area (Å²) in [7, 11) is 1.81. The fraction of sp³-hybridized carbons (Fsp3) is 0.316. The molecule has 28 heavy (non-hydrogen) atoms. The smallest absolute Gasteiger partial charge is 0.262 e. The van der Waals surface area contributed by atoms with Crippen LogP contribution in [-0.4, -0.2) is 47.8 Å². The first-order valence-electron chi connectivity index (χ1n) is 8.83. The van der Waals surface area contributed by atoms with Gasteiger partial charge < -0.3 is 20.3 Å². The highest BCUT2D eigenvalue weighted by Gasteiger charge is 2.19. The van der Waals surface area contributed by atoms with E-state index < -0.39 is 10.0 Å². The first-order valence-corrected chi connectivity index (χ1v) is 10.7. The molecule has 0 radical (unpaired) electrons. The summed E-state index contributed by atoms with van der Waals surface area (Å²) in [6, 6.07) is 12.0. The van der Waals surface area contributed by atoms with E-state index in [1.165, 1.54) is 12.0 Å². The zero-order chi connectivity index (χ0) is 20.7. The van der Waals surface area contributed by atoms with Gasteiger partial charge in [-0.2, -0.15) is 0 Å². The minimum absolute atomic E-state index is 0.170. The molecule has 0 unspecified atom stereocenters. The van der Waals surface area contributed by atoms with Gasteiger partial charge in [0.05, 0.1) is 44.9 Å². The second-order valence-corrected chi connectivity index (χ2v) is 8.68. The van der Waals surface area contributed by atoms with Crippen molar-refractivity contribution in [3.05, 3.63) is 48.0 Å². The first kappa shape index (κ1) is 21.9. The van der Waals surface area contributed by atoms with Gasteiger partial charge in [0, 0.05) is 5.69 Å². The number of anilines is 2. The molecule has 2 aromatic rings. The van der Waals surface area contributed by atoms with E-state index in [0.717, 1.165) is 13.1 Å². The minimum atomic E-state index is -3.80. The van der Waals surface area contributed by atoms with Crippen LogP contribution < -0.4 is 25.0 Å². The molecule has 0 aliphatic heterocycles. The van der Waals surface area contributed by atoms with Crippen LogP contribution in [0.4, 0.5) is 11.4 Å². The maximum Gasteiger partial charge on any atom is 0.262 e. The highest BCUT2D eigenvalue weighted by atomic mass is 32.2. The van der Waals surface area contributed by atoms with Gasteiger partial charge in [0.1, 0.15) is 5.75 Å². The van der Waals surface area contributed by atoms with Crippen molar-refractivity contribution < 1.29 is 18.1 Å². The fourth-order valence-electron chi connectivity index (χ4n) is 2.50. The number of para-hydroxylation sites is 2.